The summed E-state index contributed by atoms with van der Waals surface area (Å²) in [4.78, 5) is 13.0. The van der Waals surface area contributed by atoms with E-state index in [-0.39, 0.29) is 23.3 Å². The van der Waals surface area contributed by atoms with Crippen molar-refractivity contribution in [2.24, 2.45) is 5.92 Å². The van der Waals surface area contributed by atoms with Gasteiger partial charge in [0.25, 0.3) is 0 Å². The molecule has 2 heterocycles. The first-order chi connectivity index (χ1) is 15.0. The number of carbonyl (C=O) groups is 1. The third-order valence-electron chi connectivity index (χ3n) is 5.77. The van der Waals surface area contributed by atoms with Crippen LogP contribution in [0.5, 0.6) is 5.75 Å². The van der Waals surface area contributed by atoms with E-state index in [1.165, 1.54) is 4.31 Å². The van der Waals surface area contributed by atoms with Crippen LogP contribution in [-0.4, -0.2) is 49.9 Å². The zero-order valence-corrected chi connectivity index (χ0v) is 18.3. The van der Waals surface area contributed by atoms with Gasteiger partial charge in [-0.1, -0.05) is 18.2 Å². The number of benzene rings is 2. The van der Waals surface area contributed by atoms with E-state index in [9.17, 15) is 13.2 Å². The summed E-state index contributed by atoms with van der Waals surface area (Å²) in [5.41, 5.74) is 1.08. The Balaban J connectivity index is 1.35. The standard InChI is InChI=1S/C23H27N3O4S/c1-30-20-9-10-22-18(16-20)11-14-25(22)15-12-24-23(27)19-6-5-13-26(17-19)31(28,29)21-7-3-2-4-8-21/h2-4,7-11,14,16,19H,5-6,12-13,15,17H2,1H3,(H,24,27)/t19-/m1/s1. The van der Waals surface area contributed by atoms with Gasteiger partial charge < -0.3 is 14.6 Å². The van der Waals surface area contributed by atoms with E-state index < -0.39 is 10.0 Å². The molecular weight excluding hydrogens is 414 g/mol. The molecule has 31 heavy (non-hydrogen) atoms. The van der Waals surface area contributed by atoms with Gasteiger partial charge in [0.1, 0.15) is 5.75 Å². The summed E-state index contributed by atoms with van der Waals surface area (Å²) >= 11 is 0. The minimum Gasteiger partial charge on any atom is -0.497 e. The third-order valence-corrected chi connectivity index (χ3v) is 7.65. The lowest BCUT2D eigenvalue weighted by Crippen LogP contribution is -2.45. The summed E-state index contributed by atoms with van der Waals surface area (Å²) in [6.07, 6.45) is 3.36. The van der Waals surface area contributed by atoms with Crippen molar-refractivity contribution in [1.29, 1.82) is 0 Å². The van der Waals surface area contributed by atoms with Crippen molar-refractivity contribution in [1.82, 2.24) is 14.2 Å². The summed E-state index contributed by atoms with van der Waals surface area (Å²) in [7, 11) is -1.93. The molecule has 0 bridgehead atoms. The molecule has 0 spiro atoms. The second-order valence-corrected chi connectivity index (χ2v) is 9.68. The van der Waals surface area contributed by atoms with E-state index in [0.717, 1.165) is 16.7 Å². The van der Waals surface area contributed by atoms with E-state index in [0.29, 0.717) is 32.5 Å². The summed E-state index contributed by atoms with van der Waals surface area (Å²) in [5, 5.41) is 4.07. The van der Waals surface area contributed by atoms with Gasteiger partial charge in [0, 0.05) is 43.3 Å². The Kier molecular flexibility index (Phi) is 6.29. The Morgan fingerprint density at radius 2 is 1.97 bits per heavy atom. The molecule has 1 aliphatic heterocycles. The highest BCUT2D eigenvalue weighted by atomic mass is 32.2. The van der Waals surface area contributed by atoms with Crippen molar-refractivity contribution in [3.63, 3.8) is 0 Å². The number of ether oxygens (including phenoxy) is 1. The molecule has 0 radical (unpaired) electrons. The highest BCUT2D eigenvalue weighted by Gasteiger charge is 2.33. The van der Waals surface area contributed by atoms with Gasteiger partial charge in [-0.05, 0) is 49.2 Å². The number of piperidine rings is 1. The maximum absolute atomic E-state index is 12.9. The van der Waals surface area contributed by atoms with Crippen LogP contribution in [0, 0.1) is 5.92 Å². The number of sulfonamides is 1. The Morgan fingerprint density at radius 3 is 2.74 bits per heavy atom. The number of nitrogens with zero attached hydrogens (tertiary/aromatic N) is 2. The largest absolute Gasteiger partial charge is 0.497 e. The van der Waals surface area contributed by atoms with E-state index >= 15 is 0 Å². The van der Waals surface area contributed by atoms with Gasteiger partial charge >= 0.3 is 0 Å². The van der Waals surface area contributed by atoms with E-state index in [1.807, 2.05) is 30.5 Å². The zero-order chi connectivity index (χ0) is 21.8. The fraction of sp³-hybridized carbons (Fsp3) is 0.348. The SMILES string of the molecule is COc1ccc2c(ccn2CCNC(=O)[C@@H]2CCCN(S(=O)(=O)c3ccccc3)C2)c1. The number of nitrogens with one attached hydrogen (secondary N) is 1. The maximum atomic E-state index is 12.9. The van der Waals surface area contributed by atoms with Crippen LogP contribution < -0.4 is 10.1 Å². The number of methoxy groups -OCH3 is 1. The predicted molar refractivity (Wildman–Crippen MR) is 119 cm³/mol. The van der Waals surface area contributed by atoms with Gasteiger partial charge in [-0.15, -0.1) is 0 Å². The molecule has 4 rings (SSSR count). The first-order valence-corrected chi connectivity index (χ1v) is 11.9. The average Bonchev–Trinajstić information content (AvgIpc) is 3.21. The second-order valence-electron chi connectivity index (χ2n) is 7.74. The van der Waals surface area contributed by atoms with Crippen LogP contribution in [0.1, 0.15) is 12.8 Å². The van der Waals surface area contributed by atoms with E-state index in [1.54, 1.807) is 37.4 Å². The fourth-order valence-electron chi connectivity index (χ4n) is 4.06. The van der Waals surface area contributed by atoms with Crippen LogP contribution in [0.2, 0.25) is 0 Å². The lowest BCUT2D eigenvalue weighted by atomic mass is 9.99. The van der Waals surface area contributed by atoms with Crippen LogP contribution >= 0.6 is 0 Å². The number of fused-ring (bicyclic) bond motifs is 1. The quantitative estimate of drug-likeness (QED) is 0.611. The van der Waals surface area contributed by atoms with E-state index in [2.05, 4.69) is 9.88 Å². The number of hydrogen-bond donors (Lipinski definition) is 1. The van der Waals surface area contributed by atoms with Crippen molar-refractivity contribution in [3.05, 3.63) is 60.8 Å². The molecule has 7 nitrogen and oxygen atoms in total. The second kappa shape index (κ2) is 9.11. The normalized spacial score (nSPS) is 17.5. The summed E-state index contributed by atoms with van der Waals surface area (Å²) in [6.45, 7) is 1.78. The number of carbonyl (C=O) groups excluding carboxylic acids is 1. The topological polar surface area (TPSA) is 80.6 Å². The molecule has 1 aliphatic rings. The lowest BCUT2D eigenvalue weighted by Gasteiger charge is -2.31. The van der Waals surface area contributed by atoms with Gasteiger partial charge in [0.2, 0.25) is 15.9 Å². The van der Waals surface area contributed by atoms with Gasteiger partial charge in [-0.25, -0.2) is 8.42 Å². The molecule has 1 fully saturated rings. The molecule has 8 heteroatoms. The number of rotatable bonds is 7. The molecule has 0 saturated carbocycles. The Hall–Kier alpha value is -2.84. The van der Waals surface area contributed by atoms with Crippen LogP contribution in [0.4, 0.5) is 0 Å². The van der Waals surface area contributed by atoms with Gasteiger partial charge in [0.05, 0.1) is 17.9 Å². The molecule has 1 aromatic heterocycles. The van der Waals surface area contributed by atoms with Gasteiger partial charge in [-0.2, -0.15) is 4.31 Å². The van der Waals surface area contributed by atoms with Gasteiger partial charge in [-0.3, -0.25) is 4.79 Å². The van der Waals surface area contributed by atoms with Crippen LogP contribution in [0.15, 0.2) is 65.7 Å². The highest BCUT2D eigenvalue weighted by molar-refractivity contribution is 7.89. The Bertz CT molecular complexity index is 1160. The molecule has 1 amide bonds. The molecular formula is C23H27N3O4S. The molecule has 1 atom stereocenters. The lowest BCUT2D eigenvalue weighted by molar-refractivity contribution is -0.126. The van der Waals surface area contributed by atoms with Crippen LogP contribution in [0.3, 0.4) is 0 Å². The van der Waals surface area contributed by atoms with Crippen LogP contribution in [0.25, 0.3) is 10.9 Å². The summed E-state index contributed by atoms with van der Waals surface area (Å²) in [5.74, 6) is 0.384. The van der Waals surface area contributed by atoms with Crippen molar-refractivity contribution in [3.8, 4) is 5.75 Å². The predicted octanol–water partition coefficient (Wildman–Crippen LogP) is 2.87. The third kappa shape index (κ3) is 4.60. The first-order valence-electron chi connectivity index (χ1n) is 10.4. The van der Waals surface area contributed by atoms with Crippen molar-refractivity contribution in [2.75, 3.05) is 26.7 Å². The summed E-state index contributed by atoms with van der Waals surface area (Å²) < 4.78 is 34.5. The van der Waals surface area contributed by atoms with Crippen LogP contribution in [-0.2, 0) is 21.4 Å². The molecule has 2 aromatic carbocycles. The zero-order valence-electron chi connectivity index (χ0n) is 17.5. The van der Waals surface area contributed by atoms with Crippen molar-refractivity contribution in [2.45, 2.75) is 24.3 Å². The Morgan fingerprint density at radius 1 is 1.16 bits per heavy atom. The van der Waals surface area contributed by atoms with E-state index in [4.69, 9.17) is 4.74 Å². The number of hydrogen-bond acceptors (Lipinski definition) is 4. The molecule has 1 saturated heterocycles. The molecule has 164 valence electrons. The molecule has 1 N–H and O–H groups in total. The number of aromatic nitrogens is 1. The smallest absolute Gasteiger partial charge is 0.243 e. The monoisotopic (exact) mass is 441 g/mol. The number of amides is 1. The first kappa shape index (κ1) is 21.4. The van der Waals surface area contributed by atoms with Gasteiger partial charge in [0.15, 0.2) is 0 Å². The minimum atomic E-state index is -3.58. The highest BCUT2D eigenvalue weighted by Crippen LogP contribution is 2.24. The average molecular weight is 442 g/mol. The summed E-state index contributed by atoms with van der Waals surface area (Å²) in [6, 6.07) is 16.3. The fourth-order valence-corrected chi connectivity index (χ4v) is 5.61. The Labute approximate surface area is 182 Å². The molecule has 0 aliphatic carbocycles. The van der Waals surface area contributed by atoms with Crippen molar-refractivity contribution >= 4 is 26.8 Å². The van der Waals surface area contributed by atoms with Crippen molar-refractivity contribution < 1.29 is 17.9 Å². The molecule has 3 aromatic rings. The molecule has 0 unspecified atom stereocenters. The maximum Gasteiger partial charge on any atom is 0.243 e. The minimum absolute atomic E-state index is 0.0916.